The van der Waals surface area contributed by atoms with Crippen molar-refractivity contribution in [2.45, 2.75) is 46.1 Å². The fraction of sp³-hybridized carbons (Fsp3) is 0.714. The van der Waals surface area contributed by atoms with Gasteiger partial charge in [0.2, 0.25) is 0 Å². The van der Waals surface area contributed by atoms with E-state index in [1.807, 2.05) is 0 Å². The third-order valence-corrected chi connectivity index (χ3v) is 5.23. The van der Waals surface area contributed by atoms with Crippen molar-refractivity contribution in [3.05, 3.63) is 21.4 Å². The van der Waals surface area contributed by atoms with Gasteiger partial charge in [0.1, 0.15) is 0 Å². The number of hydrogen-bond donors (Lipinski definition) is 2. The number of aliphatic hydroxyl groups excluding tert-OH is 1. The maximum atomic E-state index is 10.7. The molecule has 0 amide bonds. The van der Waals surface area contributed by atoms with E-state index in [1.165, 1.54) is 16.2 Å². The van der Waals surface area contributed by atoms with E-state index >= 15 is 0 Å². The highest BCUT2D eigenvalue weighted by Gasteiger charge is 2.43. The highest BCUT2D eigenvalue weighted by molar-refractivity contribution is 7.12. The molecule has 1 saturated carbocycles. The number of aryl methyl sites for hydroxylation is 2. The average molecular weight is 253 g/mol. The summed E-state index contributed by atoms with van der Waals surface area (Å²) in [6.07, 6.45) is 2.91. The molecule has 0 bridgehead atoms. The van der Waals surface area contributed by atoms with E-state index < -0.39 is 0 Å². The molecule has 0 saturated heterocycles. The number of hydrogen-bond acceptors (Lipinski definition) is 3. The Morgan fingerprint density at radius 2 is 2.29 bits per heavy atom. The minimum absolute atomic E-state index is 0.0856. The fourth-order valence-electron chi connectivity index (χ4n) is 3.23. The van der Waals surface area contributed by atoms with Crippen LogP contribution in [0.1, 0.15) is 47.6 Å². The number of nitrogens with two attached hydrogens (primary N) is 1. The third-order valence-electron chi connectivity index (χ3n) is 4.25. The molecule has 1 fully saturated rings. The van der Waals surface area contributed by atoms with Crippen molar-refractivity contribution in [1.29, 1.82) is 0 Å². The van der Waals surface area contributed by atoms with Gasteiger partial charge in [0.05, 0.1) is 6.10 Å². The number of aliphatic hydroxyl groups is 1. The van der Waals surface area contributed by atoms with Gasteiger partial charge in [0, 0.05) is 21.7 Å². The minimum Gasteiger partial charge on any atom is -0.388 e. The molecule has 1 aromatic heterocycles. The van der Waals surface area contributed by atoms with Gasteiger partial charge >= 0.3 is 0 Å². The van der Waals surface area contributed by atoms with Gasteiger partial charge in [-0.15, -0.1) is 11.3 Å². The number of thiophene rings is 1. The first kappa shape index (κ1) is 13.1. The molecule has 0 radical (unpaired) electrons. The molecule has 0 aliphatic heterocycles. The second-order valence-corrected chi connectivity index (χ2v) is 7.15. The lowest BCUT2D eigenvalue weighted by molar-refractivity contribution is 0.0307. The molecule has 3 N–H and O–H groups in total. The Labute approximate surface area is 108 Å². The van der Waals surface area contributed by atoms with Crippen LogP contribution in [0.4, 0.5) is 0 Å². The van der Waals surface area contributed by atoms with E-state index in [-0.39, 0.29) is 11.5 Å². The van der Waals surface area contributed by atoms with E-state index in [1.54, 1.807) is 11.3 Å². The van der Waals surface area contributed by atoms with Gasteiger partial charge in [-0.2, -0.15) is 0 Å². The fourth-order valence-corrected chi connectivity index (χ4v) is 4.19. The zero-order valence-electron chi connectivity index (χ0n) is 11.0. The van der Waals surface area contributed by atoms with Crippen LogP contribution >= 0.6 is 11.3 Å². The molecule has 96 valence electrons. The zero-order valence-corrected chi connectivity index (χ0v) is 11.8. The zero-order chi connectivity index (χ0) is 12.6. The standard InChI is InChI=1S/C14H23NOS/c1-9-4-5-14(7-9,8-15)13(16)12-6-10(2)17-11(12)3/h6,9,13,16H,4-5,7-8,15H2,1-3H3. The summed E-state index contributed by atoms with van der Waals surface area (Å²) in [4.78, 5) is 2.51. The van der Waals surface area contributed by atoms with Crippen molar-refractivity contribution < 1.29 is 5.11 Å². The summed E-state index contributed by atoms with van der Waals surface area (Å²) in [7, 11) is 0. The summed E-state index contributed by atoms with van der Waals surface area (Å²) in [5.74, 6) is 0.688. The van der Waals surface area contributed by atoms with Crippen LogP contribution in [-0.4, -0.2) is 11.7 Å². The Bertz CT molecular complexity index is 401. The predicted molar refractivity (Wildman–Crippen MR) is 73.3 cm³/mol. The molecule has 3 heteroatoms. The smallest absolute Gasteiger partial charge is 0.0869 e. The van der Waals surface area contributed by atoms with Crippen LogP contribution in [0, 0.1) is 25.2 Å². The first-order valence-electron chi connectivity index (χ1n) is 6.43. The van der Waals surface area contributed by atoms with Crippen LogP contribution in [-0.2, 0) is 0 Å². The van der Waals surface area contributed by atoms with Gasteiger partial charge in [-0.05, 0) is 44.2 Å². The summed E-state index contributed by atoms with van der Waals surface area (Å²) in [6, 6.07) is 2.13. The summed E-state index contributed by atoms with van der Waals surface area (Å²) < 4.78 is 0. The topological polar surface area (TPSA) is 46.2 Å². The van der Waals surface area contributed by atoms with Crippen molar-refractivity contribution in [2.75, 3.05) is 6.54 Å². The van der Waals surface area contributed by atoms with Gasteiger partial charge in [0.25, 0.3) is 0 Å². The van der Waals surface area contributed by atoms with Crippen molar-refractivity contribution >= 4 is 11.3 Å². The van der Waals surface area contributed by atoms with Crippen LogP contribution in [0.15, 0.2) is 6.07 Å². The van der Waals surface area contributed by atoms with Crippen molar-refractivity contribution in [2.24, 2.45) is 17.1 Å². The third kappa shape index (κ3) is 2.28. The summed E-state index contributed by atoms with van der Waals surface area (Å²) >= 11 is 1.77. The molecule has 17 heavy (non-hydrogen) atoms. The molecular weight excluding hydrogens is 230 g/mol. The second-order valence-electron chi connectivity index (χ2n) is 5.69. The Morgan fingerprint density at radius 3 is 2.71 bits per heavy atom. The predicted octanol–water partition coefficient (Wildman–Crippen LogP) is 3.16. The molecule has 3 atom stereocenters. The van der Waals surface area contributed by atoms with Crippen LogP contribution in [0.25, 0.3) is 0 Å². The first-order chi connectivity index (χ1) is 7.98. The van der Waals surface area contributed by atoms with E-state index in [2.05, 4.69) is 26.8 Å². The quantitative estimate of drug-likeness (QED) is 0.869. The lowest BCUT2D eigenvalue weighted by Gasteiger charge is -2.33. The first-order valence-corrected chi connectivity index (χ1v) is 7.25. The van der Waals surface area contributed by atoms with E-state index in [0.29, 0.717) is 12.5 Å². The highest BCUT2D eigenvalue weighted by Crippen LogP contribution is 2.50. The average Bonchev–Trinajstić information content (AvgIpc) is 2.82. The molecule has 0 aromatic carbocycles. The Hall–Kier alpha value is -0.380. The largest absolute Gasteiger partial charge is 0.388 e. The van der Waals surface area contributed by atoms with Crippen LogP contribution in [0.5, 0.6) is 0 Å². The van der Waals surface area contributed by atoms with Crippen LogP contribution in [0.2, 0.25) is 0 Å². The molecular formula is C14H23NOS. The Kier molecular flexibility index (Phi) is 3.62. The van der Waals surface area contributed by atoms with Gasteiger partial charge in [-0.1, -0.05) is 13.3 Å². The molecule has 0 spiro atoms. The highest BCUT2D eigenvalue weighted by atomic mass is 32.1. The second kappa shape index (κ2) is 4.71. The van der Waals surface area contributed by atoms with Crippen molar-refractivity contribution in [3.63, 3.8) is 0 Å². The molecule has 1 aliphatic carbocycles. The normalized spacial score (nSPS) is 30.8. The van der Waals surface area contributed by atoms with Gasteiger partial charge in [-0.3, -0.25) is 0 Å². The number of rotatable bonds is 3. The Morgan fingerprint density at radius 1 is 1.59 bits per heavy atom. The van der Waals surface area contributed by atoms with Gasteiger partial charge < -0.3 is 10.8 Å². The molecule has 3 unspecified atom stereocenters. The van der Waals surface area contributed by atoms with Crippen LogP contribution in [0.3, 0.4) is 0 Å². The van der Waals surface area contributed by atoms with E-state index in [4.69, 9.17) is 5.73 Å². The molecule has 2 nitrogen and oxygen atoms in total. The maximum absolute atomic E-state index is 10.7. The van der Waals surface area contributed by atoms with Crippen LogP contribution < -0.4 is 5.73 Å². The minimum atomic E-state index is -0.387. The van der Waals surface area contributed by atoms with E-state index in [9.17, 15) is 5.11 Å². The van der Waals surface area contributed by atoms with Gasteiger partial charge in [0.15, 0.2) is 0 Å². The van der Waals surface area contributed by atoms with Crippen molar-refractivity contribution in [3.8, 4) is 0 Å². The van der Waals surface area contributed by atoms with Crippen molar-refractivity contribution in [1.82, 2.24) is 0 Å². The monoisotopic (exact) mass is 253 g/mol. The molecule has 1 aromatic rings. The van der Waals surface area contributed by atoms with E-state index in [0.717, 1.165) is 18.4 Å². The molecule has 1 aliphatic rings. The molecule has 1 heterocycles. The Balaban J connectivity index is 2.29. The summed E-state index contributed by atoms with van der Waals surface area (Å²) in [5, 5.41) is 10.7. The maximum Gasteiger partial charge on any atom is 0.0869 e. The summed E-state index contributed by atoms with van der Waals surface area (Å²) in [5.41, 5.74) is 6.99. The lowest BCUT2D eigenvalue weighted by Crippen LogP contribution is -2.34. The van der Waals surface area contributed by atoms with Gasteiger partial charge in [-0.25, -0.2) is 0 Å². The molecule has 2 rings (SSSR count). The summed E-state index contributed by atoms with van der Waals surface area (Å²) in [6.45, 7) is 7.04. The lowest BCUT2D eigenvalue weighted by atomic mass is 9.77. The SMILES string of the molecule is Cc1cc(C(O)C2(CN)CCC(C)C2)c(C)s1.